The van der Waals surface area contributed by atoms with Crippen LogP contribution in [0.5, 0.6) is 0 Å². The molecule has 1 radical (unpaired) electrons. The van der Waals surface area contributed by atoms with Crippen LogP contribution in [0.2, 0.25) is 0 Å². The maximum absolute atomic E-state index is 13.5. The van der Waals surface area contributed by atoms with Crippen LogP contribution >= 0.6 is 0 Å². The van der Waals surface area contributed by atoms with E-state index in [1.807, 2.05) is 30.3 Å². The standard InChI is InChI=1S/C11H9FN3/c12-9-6-10(8-4-2-1-3-5-8)15-11(9)13-7-14-15/h1-5,9-10H,6H2/t9-,10-/m0/s1. The summed E-state index contributed by atoms with van der Waals surface area (Å²) < 4.78 is 15.2. The van der Waals surface area contributed by atoms with E-state index >= 15 is 0 Å². The Balaban J connectivity index is 2.05. The summed E-state index contributed by atoms with van der Waals surface area (Å²) in [6, 6.07) is 9.76. The zero-order valence-corrected chi connectivity index (χ0v) is 7.97. The lowest BCUT2D eigenvalue weighted by molar-refractivity contribution is 0.328. The summed E-state index contributed by atoms with van der Waals surface area (Å²) in [6.45, 7) is 0. The van der Waals surface area contributed by atoms with Gasteiger partial charge in [0.25, 0.3) is 0 Å². The maximum atomic E-state index is 13.5. The average Bonchev–Trinajstić information content (AvgIpc) is 2.84. The number of hydrogen-bond donors (Lipinski definition) is 0. The highest BCUT2D eigenvalue weighted by Crippen LogP contribution is 2.38. The molecule has 0 amide bonds. The lowest BCUT2D eigenvalue weighted by atomic mass is 10.0. The van der Waals surface area contributed by atoms with Crippen molar-refractivity contribution in [1.82, 2.24) is 14.8 Å². The summed E-state index contributed by atoms with van der Waals surface area (Å²) in [5, 5.41) is 3.95. The van der Waals surface area contributed by atoms with Gasteiger partial charge in [-0.2, -0.15) is 0 Å². The molecule has 0 saturated carbocycles. The van der Waals surface area contributed by atoms with Crippen molar-refractivity contribution < 1.29 is 4.39 Å². The molecule has 2 atom stereocenters. The largest absolute Gasteiger partial charge is 0.239 e. The Labute approximate surface area is 86.6 Å². The van der Waals surface area contributed by atoms with Crippen LogP contribution in [0.3, 0.4) is 0 Å². The lowest BCUT2D eigenvalue weighted by Gasteiger charge is -2.10. The van der Waals surface area contributed by atoms with E-state index in [1.165, 1.54) is 0 Å². The fourth-order valence-corrected chi connectivity index (χ4v) is 2.02. The second kappa shape index (κ2) is 3.15. The molecule has 15 heavy (non-hydrogen) atoms. The zero-order valence-electron chi connectivity index (χ0n) is 7.97. The molecule has 3 nitrogen and oxygen atoms in total. The predicted octanol–water partition coefficient (Wildman–Crippen LogP) is 2.08. The molecule has 2 heterocycles. The van der Waals surface area contributed by atoms with Gasteiger partial charge in [-0.1, -0.05) is 30.3 Å². The first kappa shape index (κ1) is 8.59. The van der Waals surface area contributed by atoms with E-state index in [0.717, 1.165) is 5.56 Å². The van der Waals surface area contributed by atoms with Crippen molar-refractivity contribution >= 4 is 0 Å². The molecule has 1 aromatic heterocycles. The number of hydrogen-bond acceptors (Lipinski definition) is 2. The SMILES string of the molecule is F[C@H]1C[C@@H](c2ccccc2)n2n[c]nc21. The number of benzene rings is 1. The van der Waals surface area contributed by atoms with Crippen LogP contribution in [0.15, 0.2) is 30.3 Å². The Kier molecular flexibility index (Phi) is 1.80. The van der Waals surface area contributed by atoms with Crippen LogP contribution < -0.4 is 0 Å². The predicted molar refractivity (Wildman–Crippen MR) is 51.9 cm³/mol. The Morgan fingerprint density at radius 3 is 2.93 bits per heavy atom. The van der Waals surface area contributed by atoms with Crippen LogP contribution in [-0.2, 0) is 0 Å². The lowest BCUT2D eigenvalue weighted by Crippen LogP contribution is -2.06. The molecule has 1 aromatic carbocycles. The van der Waals surface area contributed by atoms with Gasteiger partial charge in [0.1, 0.15) is 0 Å². The maximum Gasteiger partial charge on any atom is 0.221 e. The molecule has 3 rings (SSSR count). The van der Waals surface area contributed by atoms with Crippen molar-refractivity contribution in [1.29, 1.82) is 0 Å². The first-order chi connectivity index (χ1) is 7.36. The quantitative estimate of drug-likeness (QED) is 0.708. The zero-order chi connectivity index (χ0) is 10.3. The molecule has 2 aromatic rings. The molecule has 0 saturated heterocycles. The van der Waals surface area contributed by atoms with E-state index < -0.39 is 6.17 Å². The minimum Gasteiger partial charge on any atom is -0.239 e. The molecular formula is C11H9FN3. The average molecular weight is 202 g/mol. The number of rotatable bonds is 1. The fraction of sp³-hybridized carbons (Fsp3) is 0.273. The smallest absolute Gasteiger partial charge is 0.221 e. The van der Waals surface area contributed by atoms with Crippen LogP contribution in [-0.4, -0.2) is 14.8 Å². The van der Waals surface area contributed by atoms with E-state index in [9.17, 15) is 4.39 Å². The Bertz CT molecular complexity index is 466. The van der Waals surface area contributed by atoms with Crippen molar-refractivity contribution in [2.75, 3.05) is 0 Å². The van der Waals surface area contributed by atoms with Gasteiger partial charge in [-0.3, -0.25) is 0 Å². The number of aromatic nitrogens is 3. The van der Waals surface area contributed by atoms with E-state index in [-0.39, 0.29) is 6.04 Å². The van der Waals surface area contributed by atoms with Gasteiger partial charge in [-0.25, -0.2) is 14.1 Å². The topological polar surface area (TPSA) is 30.7 Å². The number of alkyl halides is 1. The summed E-state index contributed by atoms with van der Waals surface area (Å²) in [6.07, 6.45) is 1.86. The van der Waals surface area contributed by atoms with Crippen LogP contribution in [0.4, 0.5) is 4.39 Å². The van der Waals surface area contributed by atoms with Gasteiger partial charge in [-0.15, -0.1) is 5.10 Å². The third-order valence-electron chi connectivity index (χ3n) is 2.74. The van der Waals surface area contributed by atoms with E-state index in [1.54, 1.807) is 4.68 Å². The molecule has 0 bridgehead atoms. The number of nitrogens with zero attached hydrogens (tertiary/aromatic N) is 3. The minimum absolute atomic E-state index is 0.0325. The highest BCUT2D eigenvalue weighted by Gasteiger charge is 2.33. The van der Waals surface area contributed by atoms with Gasteiger partial charge in [0, 0.05) is 6.42 Å². The summed E-state index contributed by atoms with van der Waals surface area (Å²) in [7, 11) is 0. The molecule has 0 aliphatic carbocycles. The van der Waals surface area contributed by atoms with Crippen LogP contribution in [0, 0.1) is 6.33 Å². The second-order valence-corrected chi connectivity index (χ2v) is 3.64. The third kappa shape index (κ3) is 1.25. The summed E-state index contributed by atoms with van der Waals surface area (Å²) in [4.78, 5) is 3.81. The van der Waals surface area contributed by atoms with Crippen molar-refractivity contribution in [3.05, 3.63) is 48.0 Å². The van der Waals surface area contributed by atoms with Gasteiger partial charge >= 0.3 is 0 Å². The molecule has 1 aliphatic rings. The highest BCUT2D eigenvalue weighted by atomic mass is 19.1. The van der Waals surface area contributed by atoms with Crippen molar-refractivity contribution in [2.24, 2.45) is 0 Å². The first-order valence-corrected chi connectivity index (χ1v) is 4.88. The Morgan fingerprint density at radius 1 is 1.33 bits per heavy atom. The van der Waals surface area contributed by atoms with Gasteiger partial charge in [0.05, 0.1) is 6.04 Å². The monoisotopic (exact) mass is 202 g/mol. The molecule has 0 spiro atoms. The molecule has 1 aliphatic heterocycles. The molecule has 0 unspecified atom stereocenters. The molecular weight excluding hydrogens is 193 g/mol. The van der Waals surface area contributed by atoms with E-state index in [4.69, 9.17) is 0 Å². The number of fused-ring (bicyclic) bond motifs is 1. The van der Waals surface area contributed by atoms with Crippen LogP contribution in [0.25, 0.3) is 0 Å². The Hall–Kier alpha value is -1.71. The van der Waals surface area contributed by atoms with Crippen molar-refractivity contribution in [3.8, 4) is 0 Å². The van der Waals surface area contributed by atoms with E-state index in [2.05, 4.69) is 16.4 Å². The van der Waals surface area contributed by atoms with Gasteiger partial charge in [0.2, 0.25) is 6.33 Å². The summed E-state index contributed by atoms with van der Waals surface area (Å²) in [5.74, 6) is 0.392. The summed E-state index contributed by atoms with van der Waals surface area (Å²) in [5.41, 5.74) is 1.07. The highest BCUT2D eigenvalue weighted by molar-refractivity contribution is 5.22. The minimum atomic E-state index is -1.02. The van der Waals surface area contributed by atoms with E-state index in [0.29, 0.717) is 12.2 Å². The third-order valence-corrected chi connectivity index (χ3v) is 2.74. The van der Waals surface area contributed by atoms with Crippen LogP contribution in [0.1, 0.15) is 30.0 Å². The second-order valence-electron chi connectivity index (χ2n) is 3.64. The number of halogens is 1. The van der Waals surface area contributed by atoms with Gasteiger partial charge in [-0.05, 0) is 5.56 Å². The fourth-order valence-electron chi connectivity index (χ4n) is 2.02. The normalized spacial score (nSPS) is 24.1. The van der Waals surface area contributed by atoms with Gasteiger partial charge in [0.15, 0.2) is 12.0 Å². The first-order valence-electron chi connectivity index (χ1n) is 4.88. The molecule has 75 valence electrons. The molecule has 0 fully saturated rings. The van der Waals surface area contributed by atoms with Crippen molar-refractivity contribution in [2.45, 2.75) is 18.6 Å². The Morgan fingerprint density at radius 2 is 2.13 bits per heavy atom. The molecule has 0 N–H and O–H groups in total. The molecule has 4 heteroatoms. The van der Waals surface area contributed by atoms with Crippen molar-refractivity contribution in [3.63, 3.8) is 0 Å². The summed E-state index contributed by atoms with van der Waals surface area (Å²) >= 11 is 0. The van der Waals surface area contributed by atoms with Gasteiger partial charge < -0.3 is 0 Å².